The van der Waals surface area contributed by atoms with E-state index < -0.39 is 10.0 Å². The van der Waals surface area contributed by atoms with Crippen molar-refractivity contribution in [3.8, 4) is 0 Å². The van der Waals surface area contributed by atoms with Gasteiger partial charge in [0.2, 0.25) is 15.9 Å². The van der Waals surface area contributed by atoms with Crippen LogP contribution in [0, 0.1) is 5.92 Å². The average molecular weight is 363 g/mol. The van der Waals surface area contributed by atoms with Crippen LogP contribution < -0.4 is 9.62 Å². The highest BCUT2D eigenvalue weighted by molar-refractivity contribution is 9.10. The van der Waals surface area contributed by atoms with Crippen LogP contribution in [0.5, 0.6) is 0 Å². The van der Waals surface area contributed by atoms with Gasteiger partial charge in [-0.25, -0.2) is 8.42 Å². The maximum atomic E-state index is 11.8. The molecule has 0 saturated heterocycles. The van der Waals surface area contributed by atoms with E-state index in [1.165, 1.54) is 0 Å². The molecule has 0 aliphatic carbocycles. The summed E-state index contributed by atoms with van der Waals surface area (Å²) in [5, 5.41) is 2.71. The lowest BCUT2D eigenvalue weighted by molar-refractivity contribution is -0.119. The van der Waals surface area contributed by atoms with Crippen LogP contribution in [0.25, 0.3) is 0 Å². The van der Waals surface area contributed by atoms with Crippen LogP contribution in [-0.4, -0.2) is 33.7 Å². The molecule has 0 fully saturated rings. The van der Waals surface area contributed by atoms with Crippen LogP contribution in [0.1, 0.15) is 13.8 Å². The van der Waals surface area contributed by atoms with E-state index in [9.17, 15) is 13.2 Å². The molecule has 0 saturated carbocycles. The third-order valence-electron chi connectivity index (χ3n) is 2.49. The number of benzene rings is 1. The maximum Gasteiger partial charge on any atom is 0.240 e. The Bertz CT molecular complexity index is 573. The van der Waals surface area contributed by atoms with Crippen molar-refractivity contribution in [2.24, 2.45) is 5.92 Å². The fourth-order valence-corrected chi connectivity index (χ4v) is 2.77. The van der Waals surface area contributed by atoms with Crippen molar-refractivity contribution in [3.63, 3.8) is 0 Å². The van der Waals surface area contributed by atoms with Gasteiger partial charge in [-0.05, 0) is 24.1 Å². The molecule has 0 unspecified atom stereocenters. The fraction of sp³-hybridized carbons (Fsp3) is 0.462. The summed E-state index contributed by atoms with van der Waals surface area (Å²) < 4.78 is 25.5. The van der Waals surface area contributed by atoms with Gasteiger partial charge in [0.1, 0.15) is 6.54 Å². The number of amides is 1. The predicted octanol–water partition coefficient (Wildman–Crippen LogP) is 1.99. The number of carbonyl (C=O) groups is 1. The molecule has 1 amide bonds. The normalized spacial score (nSPS) is 11.4. The molecule has 1 aromatic carbocycles. The summed E-state index contributed by atoms with van der Waals surface area (Å²) >= 11 is 3.29. The molecule has 1 N–H and O–H groups in total. The molecule has 0 bridgehead atoms. The lowest BCUT2D eigenvalue weighted by Crippen LogP contribution is -2.41. The number of sulfonamides is 1. The summed E-state index contributed by atoms with van der Waals surface area (Å²) in [5.41, 5.74) is 0.460. The lowest BCUT2D eigenvalue weighted by Gasteiger charge is -2.22. The molecule has 7 heteroatoms. The zero-order chi connectivity index (χ0) is 15.3. The van der Waals surface area contributed by atoms with Crippen molar-refractivity contribution < 1.29 is 13.2 Å². The Morgan fingerprint density at radius 1 is 1.40 bits per heavy atom. The Morgan fingerprint density at radius 2 is 2.05 bits per heavy atom. The Balaban J connectivity index is 2.90. The quantitative estimate of drug-likeness (QED) is 0.841. The molecule has 0 aliphatic rings. The summed E-state index contributed by atoms with van der Waals surface area (Å²) in [6.07, 6.45) is 1.09. The summed E-state index contributed by atoms with van der Waals surface area (Å²) in [4.78, 5) is 11.8. The van der Waals surface area contributed by atoms with Crippen LogP contribution in [0.2, 0.25) is 0 Å². The monoisotopic (exact) mass is 362 g/mol. The fourth-order valence-electron chi connectivity index (χ4n) is 1.54. The molecule has 0 spiro atoms. The largest absolute Gasteiger partial charge is 0.354 e. The molecular weight excluding hydrogens is 344 g/mol. The molecular formula is C13H19BrN2O3S. The maximum absolute atomic E-state index is 11.8. The molecule has 0 atom stereocenters. The van der Waals surface area contributed by atoms with Gasteiger partial charge in [-0.1, -0.05) is 35.8 Å². The van der Waals surface area contributed by atoms with E-state index >= 15 is 0 Å². The van der Waals surface area contributed by atoms with Crippen molar-refractivity contribution in [1.29, 1.82) is 0 Å². The molecule has 112 valence electrons. The van der Waals surface area contributed by atoms with Gasteiger partial charge in [0.15, 0.2) is 0 Å². The first-order chi connectivity index (χ1) is 9.20. The van der Waals surface area contributed by atoms with Gasteiger partial charge in [0.25, 0.3) is 0 Å². The highest BCUT2D eigenvalue weighted by atomic mass is 79.9. The third-order valence-corrected chi connectivity index (χ3v) is 4.13. The SMILES string of the molecule is CC(C)CNC(=O)CN(c1cccc(Br)c1)S(C)(=O)=O. The molecule has 20 heavy (non-hydrogen) atoms. The Hall–Kier alpha value is -1.08. The van der Waals surface area contributed by atoms with Gasteiger partial charge in [-0.15, -0.1) is 0 Å². The van der Waals surface area contributed by atoms with E-state index in [1.54, 1.807) is 24.3 Å². The number of halogens is 1. The van der Waals surface area contributed by atoms with Crippen LogP contribution >= 0.6 is 15.9 Å². The van der Waals surface area contributed by atoms with Gasteiger partial charge in [0.05, 0.1) is 11.9 Å². The van der Waals surface area contributed by atoms with Crippen molar-refractivity contribution in [2.45, 2.75) is 13.8 Å². The zero-order valence-electron chi connectivity index (χ0n) is 11.8. The summed E-state index contributed by atoms with van der Waals surface area (Å²) in [6, 6.07) is 6.84. The van der Waals surface area contributed by atoms with E-state index in [1.807, 2.05) is 13.8 Å². The Morgan fingerprint density at radius 3 is 2.55 bits per heavy atom. The van der Waals surface area contributed by atoms with Crippen LogP contribution in [0.3, 0.4) is 0 Å². The molecule has 5 nitrogen and oxygen atoms in total. The third kappa shape index (κ3) is 5.50. The standard InChI is InChI=1S/C13H19BrN2O3S/c1-10(2)8-15-13(17)9-16(20(3,18)19)12-6-4-5-11(14)7-12/h4-7,10H,8-9H2,1-3H3,(H,15,17). The molecule has 0 aliphatic heterocycles. The predicted molar refractivity (Wildman–Crippen MR) is 84.2 cm³/mol. The minimum Gasteiger partial charge on any atom is -0.354 e. The Labute approximate surface area is 128 Å². The molecule has 0 aromatic heterocycles. The minimum absolute atomic E-state index is 0.220. The topological polar surface area (TPSA) is 66.5 Å². The Kier molecular flexibility index (Phi) is 6.01. The van der Waals surface area contributed by atoms with Gasteiger partial charge in [-0.2, -0.15) is 0 Å². The highest BCUT2D eigenvalue weighted by Crippen LogP contribution is 2.21. The lowest BCUT2D eigenvalue weighted by atomic mass is 10.2. The molecule has 1 rings (SSSR count). The zero-order valence-corrected chi connectivity index (χ0v) is 14.2. The summed E-state index contributed by atoms with van der Waals surface area (Å²) in [5.74, 6) is 0.000559. The number of hydrogen-bond acceptors (Lipinski definition) is 3. The average Bonchev–Trinajstić information content (AvgIpc) is 2.32. The molecule has 0 radical (unpaired) electrons. The van der Waals surface area contributed by atoms with Crippen LogP contribution in [0.15, 0.2) is 28.7 Å². The molecule has 0 heterocycles. The first kappa shape index (κ1) is 17.0. The summed E-state index contributed by atoms with van der Waals surface area (Å²) in [6.45, 7) is 4.25. The number of anilines is 1. The second kappa shape index (κ2) is 7.08. The van der Waals surface area contributed by atoms with Crippen molar-refractivity contribution in [2.75, 3.05) is 23.7 Å². The second-order valence-electron chi connectivity index (χ2n) is 4.95. The van der Waals surface area contributed by atoms with E-state index in [0.717, 1.165) is 15.0 Å². The van der Waals surface area contributed by atoms with Crippen LogP contribution in [-0.2, 0) is 14.8 Å². The van der Waals surface area contributed by atoms with E-state index in [2.05, 4.69) is 21.2 Å². The van der Waals surface area contributed by atoms with Gasteiger partial charge >= 0.3 is 0 Å². The van der Waals surface area contributed by atoms with Gasteiger partial charge in [0, 0.05) is 11.0 Å². The summed E-state index contributed by atoms with van der Waals surface area (Å²) in [7, 11) is -3.52. The first-order valence-electron chi connectivity index (χ1n) is 6.20. The first-order valence-corrected chi connectivity index (χ1v) is 8.84. The van der Waals surface area contributed by atoms with Crippen molar-refractivity contribution >= 4 is 37.5 Å². The number of nitrogens with one attached hydrogen (secondary N) is 1. The molecule has 1 aromatic rings. The highest BCUT2D eigenvalue weighted by Gasteiger charge is 2.20. The van der Waals surface area contributed by atoms with Gasteiger partial charge < -0.3 is 5.32 Å². The van der Waals surface area contributed by atoms with E-state index in [-0.39, 0.29) is 12.5 Å². The smallest absolute Gasteiger partial charge is 0.240 e. The number of nitrogens with zero attached hydrogens (tertiary/aromatic N) is 1. The number of carbonyl (C=O) groups excluding carboxylic acids is 1. The second-order valence-corrected chi connectivity index (χ2v) is 7.77. The number of rotatable bonds is 6. The minimum atomic E-state index is -3.52. The van der Waals surface area contributed by atoms with E-state index in [4.69, 9.17) is 0 Å². The van der Waals surface area contributed by atoms with Crippen LogP contribution in [0.4, 0.5) is 5.69 Å². The van der Waals surface area contributed by atoms with Gasteiger partial charge in [-0.3, -0.25) is 9.10 Å². The number of hydrogen-bond donors (Lipinski definition) is 1. The van der Waals surface area contributed by atoms with Crippen molar-refractivity contribution in [3.05, 3.63) is 28.7 Å². The van der Waals surface area contributed by atoms with E-state index in [0.29, 0.717) is 18.2 Å². The van der Waals surface area contributed by atoms with Crippen molar-refractivity contribution in [1.82, 2.24) is 5.32 Å².